The van der Waals surface area contributed by atoms with E-state index in [0.29, 0.717) is 16.5 Å². The zero-order valence-corrected chi connectivity index (χ0v) is 15.8. The van der Waals surface area contributed by atoms with E-state index in [1.807, 2.05) is 18.2 Å². The van der Waals surface area contributed by atoms with Crippen molar-refractivity contribution < 1.29 is 9.59 Å². The molecular formula is C21H24N2O2S. The normalized spacial score (nSPS) is 24.0. The number of anilines is 1. The number of primary amides is 1. The summed E-state index contributed by atoms with van der Waals surface area (Å²) in [7, 11) is 0. The Morgan fingerprint density at radius 2 is 2.04 bits per heavy atom. The van der Waals surface area contributed by atoms with Crippen LogP contribution in [0.25, 0.3) is 0 Å². The third-order valence-electron chi connectivity index (χ3n) is 5.78. The first-order valence-electron chi connectivity index (χ1n) is 9.38. The Kier molecular flexibility index (Phi) is 4.57. The number of amides is 2. The van der Waals surface area contributed by atoms with Gasteiger partial charge in [-0.2, -0.15) is 0 Å². The Balaban J connectivity index is 1.52. The highest BCUT2D eigenvalue weighted by atomic mass is 32.1. The fraction of sp³-hybridized carbons (Fsp3) is 0.429. The molecule has 3 atom stereocenters. The molecule has 0 spiro atoms. The van der Waals surface area contributed by atoms with E-state index in [-0.39, 0.29) is 17.7 Å². The van der Waals surface area contributed by atoms with Crippen LogP contribution in [0.3, 0.4) is 0 Å². The van der Waals surface area contributed by atoms with Gasteiger partial charge in [0.05, 0.1) is 5.56 Å². The molecule has 2 aliphatic carbocycles. The molecule has 2 aromatic rings. The molecule has 3 N–H and O–H groups in total. The molecule has 0 unspecified atom stereocenters. The van der Waals surface area contributed by atoms with Crippen LogP contribution in [0, 0.1) is 11.8 Å². The van der Waals surface area contributed by atoms with Gasteiger partial charge in [-0.15, -0.1) is 11.3 Å². The molecule has 2 aliphatic rings. The number of fused-ring (bicyclic) bond motifs is 1. The molecule has 136 valence electrons. The lowest BCUT2D eigenvalue weighted by molar-refractivity contribution is -0.117. The number of carbonyl (C=O) groups excluding carboxylic acids is 2. The summed E-state index contributed by atoms with van der Waals surface area (Å²) in [6, 6.07) is 10.1. The Morgan fingerprint density at radius 3 is 2.73 bits per heavy atom. The van der Waals surface area contributed by atoms with Crippen molar-refractivity contribution in [2.24, 2.45) is 17.6 Å². The molecule has 1 aromatic heterocycles. The molecule has 1 aromatic carbocycles. The number of hydrogen-bond acceptors (Lipinski definition) is 3. The van der Waals surface area contributed by atoms with Gasteiger partial charge in [0.25, 0.3) is 5.91 Å². The van der Waals surface area contributed by atoms with Crippen LogP contribution in [-0.4, -0.2) is 11.8 Å². The fourth-order valence-corrected chi connectivity index (χ4v) is 5.48. The highest BCUT2D eigenvalue weighted by Gasteiger charge is 2.44. The minimum Gasteiger partial charge on any atom is -0.365 e. The van der Waals surface area contributed by atoms with Gasteiger partial charge in [0.1, 0.15) is 5.00 Å². The van der Waals surface area contributed by atoms with Gasteiger partial charge in [-0.25, -0.2) is 0 Å². The van der Waals surface area contributed by atoms with Gasteiger partial charge in [0.15, 0.2) is 0 Å². The molecule has 4 nitrogen and oxygen atoms in total. The molecule has 1 saturated carbocycles. The van der Waals surface area contributed by atoms with Gasteiger partial charge in [-0.1, -0.05) is 43.7 Å². The first-order valence-corrected chi connectivity index (χ1v) is 10.2. The van der Waals surface area contributed by atoms with Crippen LogP contribution in [0.15, 0.2) is 30.3 Å². The molecule has 1 heterocycles. The summed E-state index contributed by atoms with van der Waals surface area (Å²) in [6.07, 6.45) is 4.97. The lowest BCUT2D eigenvalue weighted by Crippen LogP contribution is -2.20. The molecule has 0 aliphatic heterocycles. The summed E-state index contributed by atoms with van der Waals surface area (Å²) in [4.78, 5) is 26.0. The lowest BCUT2D eigenvalue weighted by Gasteiger charge is -2.20. The summed E-state index contributed by atoms with van der Waals surface area (Å²) in [5.41, 5.74) is 8.47. The number of thiophene rings is 1. The maximum atomic E-state index is 12.7. The Labute approximate surface area is 157 Å². The quantitative estimate of drug-likeness (QED) is 0.834. The molecule has 2 amide bonds. The van der Waals surface area contributed by atoms with E-state index >= 15 is 0 Å². The van der Waals surface area contributed by atoms with Crippen molar-refractivity contribution in [3.05, 3.63) is 51.9 Å². The summed E-state index contributed by atoms with van der Waals surface area (Å²) >= 11 is 1.55. The fourth-order valence-electron chi connectivity index (χ4n) is 4.11. The van der Waals surface area contributed by atoms with Crippen LogP contribution in [0.1, 0.15) is 58.5 Å². The Morgan fingerprint density at radius 1 is 1.27 bits per heavy atom. The number of nitrogens with one attached hydrogen (secondary N) is 1. The molecule has 5 heteroatoms. The van der Waals surface area contributed by atoms with Crippen LogP contribution >= 0.6 is 11.3 Å². The topological polar surface area (TPSA) is 72.2 Å². The molecule has 1 fully saturated rings. The number of benzene rings is 1. The highest BCUT2D eigenvalue weighted by molar-refractivity contribution is 7.17. The first-order chi connectivity index (χ1) is 12.6. The van der Waals surface area contributed by atoms with Gasteiger partial charge >= 0.3 is 0 Å². The van der Waals surface area contributed by atoms with Crippen molar-refractivity contribution in [3.8, 4) is 0 Å². The van der Waals surface area contributed by atoms with Gasteiger partial charge in [0, 0.05) is 10.8 Å². The molecule has 26 heavy (non-hydrogen) atoms. The maximum Gasteiger partial charge on any atom is 0.251 e. The van der Waals surface area contributed by atoms with E-state index in [2.05, 4.69) is 24.4 Å². The van der Waals surface area contributed by atoms with Crippen LogP contribution < -0.4 is 11.1 Å². The number of hydrogen-bond donors (Lipinski definition) is 2. The standard InChI is InChI=1S/C21H24N2O2S/c1-2-12-8-9-14-17(10-12)26-21(18(14)19(22)24)23-20(25)16-11-15(16)13-6-4-3-5-7-13/h3-7,12,15-16H,2,8-11H2,1H3,(H2,22,24)(H,23,25)/t12-,15+,16-/m1/s1. The van der Waals surface area contributed by atoms with Crippen molar-refractivity contribution in [1.82, 2.24) is 0 Å². The minimum atomic E-state index is -0.428. The van der Waals surface area contributed by atoms with Gasteiger partial charge < -0.3 is 11.1 Å². The van der Waals surface area contributed by atoms with Crippen LogP contribution in [0.4, 0.5) is 5.00 Å². The Hall–Kier alpha value is -2.14. The van der Waals surface area contributed by atoms with Crippen molar-refractivity contribution in [2.75, 3.05) is 5.32 Å². The molecule has 0 saturated heterocycles. The molecule has 0 bridgehead atoms. The van der Waals surface area contributed by atoms with E-state index in [1.165, 1.54) is 10.4 Å². The van der Waals surface area contributed by atoms with Gasteiger partial charge in [0.2, 0.25) is 5.91 Å². The van der Waals surface area contributed by atoms with Crippen LogP contribution in [-0.2, 0) is 17.6 Å². The average Bonchev–Trinajstić information content (AvgIpc) is 3.37. The molecule has 4 rings (SSSR count). The molecule has 0 radical (unpaired) electrons. The third kappa shape index (κ3) is 3.16. The lowest BCUT2D eigenvalue weighted by atomic mass is 9.85. The summed E-state index contributed by atoms with van der Waals surface area (Å²) < 4.78 is 0. The number of carbonyl (C=O) groups is 2. The SMILES string of the molecule is CC[C@@H]1CCc2c(sc(NC(=O)[C@@H]3C[C@H]3c3ccccc3)c2C(N)=O)C1. The predicted molar refractivity (Wildman–Crippen MR) is 105 cm³/mol. The van der Waals surface area contributed by atoms with Crippen molar-refractivity contribution >= 4 is 28.2 Å². The van der Waals surface area contributed by atoms with Crippen molar-refractivity contribution in [2.45, 2.75) is 44.9 Å². The smallest absolute Gasteiger partial charge is 0.251 e. The van der Waals surface area contributed by atoms with Crippen molar-refractivity contribution in [3.63, 3.8) is 0 Å². The summed E-state index contributed by atoms with van der Waals surface area (Å²) in [5.74, 6) is 0.513. The van der Waals surface area contributed by atoms with Gasteiger partial charge in [-0.05, 0) is 48.6 Å². The predicted octanol–water partition coefficient (Wildman–Crippen LogP) is 4.10. The van der Waals surface area contributed by atoms with E-state index in [4.69, 9.17) is 5.73 Å². The second-order valence-corrected chi connectivity index (χ2v) is 8.54. The Bertz CT molecular complexity index is 843. The van der Waals surface area contributed by atoms with E-state index < -0.39 is 5.91 Å². The maximum absolute atomic E-state index is 12.7. The zero-order chi connectivity index (χ0) is 18.3. The number of rotatable bonds is 5. The summed E-state index contributed by atoms with van der Waals surface area (Å²) in [6.45, 7) is 2.21. The zero-order valence-electron chi connectivity index (χ0n) is 15.0. The third-order valence-corrected chi connectivity index (χ3v) is 6.95. The van der Waals surface area contributed by atoms with Crippen LogP contribution in [0.2, 0.25) is 0 Å². The largest absolute Gasteiger partial charge is 0.365 e. The monoisotopic (exact) mass is 368 g/mol. The highest BCUT2D eigenvalue weighted by Crippen LogP contribution is 2.48. The molecular weight excluding hydrogens is 344 g/mol. The minimum absolute atomic E-state index is 0.00647. The van der Waals surface area contributed by atoms with Gasteiger partial charge in [-0.3, -0.25) is 9.59 Å². The van der Waals surface area contributed by atoms with E-state index in [0.717, 1.165) is 37.7 Å². The van der Waals surface area contributed by atoms with Crippen LogP contribution in [0.5, 0.6) is 0 Å². The second kappa shape index (κ2) is 6.88. The van der Waals surface area contributed by atoms with E-state index in [1.54, 1.807) is 11.3 Å². The summed E-state index contributed by atoms with van der Waals surface area (Å²) in [5, 5.41) is 3.68. The average molecular weight is 369 g/mol. The second-order valence-electron chi connectivity index (χ2n) is 7.44. The van der Waals surface area contributed by atoms with Crippen molar-refractivity contribution in [1.29, 1.82) is 0 Å². The number of nitrogens with two attached hydrogens (primary N) is 1. The van der Waals surface area contributed by atoms with E-state index in [9.17, 15) is 9.59 Å². The first kappa shape index (κ1) is 17.3.